The zero-order chi connectivity index (χ0) is 18.4. The summed E-state index contributed by atoms with van der Waals surface area (Å²) in [6.07, 6.45) is 2.50. The Morgan fingerprint density at radius 2 is 2.04 bits per heavy atom. The van der Waals surface area contributed by atoms with Gasteiger partial charge in [0.1, 0.15) is 24.2 Å². The van der Waals surface area contributed by atoms with Gasteiger partial charge in [-0.25, -0.2) is 9.48 Å². The molecule has 8 heteroatoms. The number of nitrogens with one attached hydrogen (secondary N) is 1. The lowest BCUT2D eigenvalue weighted by Gasteiger charge is -2.23. The highest BCUT2D eigenvalue weighted by Crippen LogP contribution is 2.17. The number of benzene rings is 1. The molecule has 1 heterocycles. The first-order valence-electron chi connectivity index (χ1n) is 7.96. The van der Waals surface area contributed by atoms with Crippen LogP contribution >= 0.6 is 0 Å². The van der Waals surface area contributed by atoms with E-state index in [-0.39, 0.29) is 5.69 Å². The van der Waals surface area contributed by atoms with Crippen molar-refractivity contribution in [3.05, 3.63) is 58.4 Å². The third kappa shape index (κ3) is 5.91. The maximum absolute atomic E-state index is 12.1. The first-order chi connectivity index (χ1) is 11.7. The highest BCUT2D eigenvalue weighted by Gasteiger charge is 2.22. The van der Waals surface area contributed by atoms with E-state index in [0.717, 1.165) is 11.8 Å². The minimum atomic E-state index is -0.635. The molecule has 1 amide bonds. The van der Waals surface area contributed by atoms with Crippen molar-refractivity contribution in [2.75, 3.05) is 0 Å². The summed E-state index contributed by atoms with van der Waals surface area (Å²) in [5.41, 5.74) is 0.334. The van der Waals surface area contributed by atoms with Gasteiger partial charge in [-0.05, 0) is 39.2 Å². The van der Waals surface area contributed by atoms with E-state index in [9.17, 15) is 14.9 Å². The predicted molar refractivity (Wildman–Crippen MR) is 92.1 cm³/mol. The van der Waals surface area contributed by atoms with Gasteiger partial charge in [0.2, 0.25) is 0 Å². The van der Waals surface area contributed by atoms with Gasteiger partial charge in [-0.15, -0.1) is 0 Å². The Balaban J connectivity index is 2.12. The van der Waals surface area contributed by atoms with Crippen LogP contribution in [-0.4, -0.2) is 26.4 Å². The van der Waals surface area contributed by atoms with E-state index in [1.807, 2.05) is 30.3 Å². The van der Waals surface area contributed by atoms with Crippen molar-refractivity contribution in [1.29, 1.82) is 0 Å². The van der Waals surface area contributed by atoms with Crippen molar-refractivity contribution < 1.29 is 14.5 Å². The number of carbonyl (C=O) groups excluding carboxylic acids is 1. The van der Waals surface area contributed by atoms with Gasteiger partial charge in [-0.3, -0.25) is 15.4 Å². The summed E-state index contributed by atoms with van der Waals surface area (Å²) in [5.74, 6) is 0. The highest BCUT2D eigenvalue weighted by atomic mass is 16.6. The van der Waals surface area contributed by atoms with Gasteiger partial charge in [0.05, 0.1) is 4.92 Å². The standard InChI is InChI=1S/C17H22N4O4/c1-17(2,3)25-16(22)19-15(10-9-13-7-5-4-6-8-13)20-12-14(11-18-20)21(23)24/h4-8,11-12,15H,9-10H2,1-3H3,(H,19,22). The van der Waals surface area contributed by atoms with Crippen LogP contribution in [0.5, 0.6) is 0 Å². The zero-order valence-electron chi connectivity index (χ0n) is 14.5. The van der Waals surface area contributed by atoms with Crippen molar-refractivity contribution in [3.63, 3.8) is 0 Å². The molecule has 0 spiro atoms. The molecule has 1 aromatic carbocycles. The predicted octanol–water partition coefficient (Wildman–Crippen LogP) is 3.45. The lowest BCUT2D eigenvalue weighted by atomic mass is 10.1. The van der Waals surface area contributed by atoms with Gasteiger partial charge >= 0.3 is 11.8 Å². The fraction of sp³-hybridized carbons (Fsp3) is 0.412. The molecular weight excluding hydrogens is 324 g/mol. The maximum atomic E-state index is 12.1. The van der Waals surface area contributed by atoms with E-state index in [1.165, 1.54) is 10.9 Å². The Morgan fingerprint density at radius 1 is 1.36 bits per heavy atom. The summed E-state index contributed by atoms with van der Waals surface area (Å²) < 4.78 is 6.65. The monoisotopic (exact) mass is 346 g/mol. The second kappa shape index (κ2) is 7.78. The van der Waals surface area contributed by atoms with Crippen molar-refractivity contribution >= 4 is 11.8 Å². The molecule has 8 nitrogen and oxygen atoms in total. The van der Waals surface area contributed by atoms with Crippen LogP contribution < -0.4 is 5.32 Å². The third-order valence-electron chi connectivity index (χ3n) is 3.35. The normalized spacial score (nSPS) is 12.4. The summed E-state index contributed by atoms with van der Waals surface area (Å²) in [6, 6.07) is 9.76. The summed E-state index contributed by atoms with van der Waals surface area (Å²) in [7, 11) is 0. The fourth-order valence-electron chi connectivity index (χ4n) is 2.25. The molecule has 0 fully saturated rings. The number of rotatable bonds is 6. The molecule has 1 atom stereocenters. The van der Waals surface area contributed by atoms with Crippen LogP contribution in [0.4, 0.5) is 10.5 Å². The number of hydrogen-bond acceptors (Lipinski definition) is 5. The number of ether oxygens (including phenoxy) is 1. The molecular formula is C17H22N4O4. The van der Waals surface area contributed by atoms with E-state index in [4.69, 9.17) is 4.74 Å². The number of aryl methyl sites for hydroxylation is 1. The smallest absolute Gasteiger partial charge is 0.409 e. The van der Waals surface area contributed by atoms with Crippen LogP contribution in [0.2, 0.25) is 0 Å². The van der Waals surface area contributed by atoms with Gasteiger partial charge < -0.3 is 4.74 Å². The van der Waals surface area contributed by atoms with Crippen LogP contribution in [0, 0.1) is 10.1 Å². The van der Waals surface area contributed by atoms with Crippen LogP contribution in [0.15, 0.2) is 42.7 Å². The van der Waals surface area contributed by atoms with Gasteiger partial charge in [-0.1, -0.05) is 30.3 Å². The topological polar surface area (TPSA) is 99.3 Å². The summed E-state index contributed by atoms with van der Waals surface area (Å²) in [5, 5.41) is 17.6. The minimum Gasteiger partial charge on any atom is -0.444 e. The summed E-state index contributed by atoms with van der Waals surface area (Å²) >= 11 is 0. The molecule has 1 aromatic heterocycles. The van der Waals surface area contributed by atoms with Crippen LogP contribution in [0.1, 0.15) is 38.9 Å². The molecule has 1 N–H and O–H groups in total. The molecule has 2 aromatic rings. The molecule has 0 bridgehead atoms. The third-order valence-corrected chi connectivity index (χ3v) is 3.35. The van der Waals surface area contributed by atoms with Crippen LogP contribution in [0.3, 0.4) is 0 Å². The lowest BCUT2D eigenvalue weighted by molar-refractivity contribution is -0.385. The number of alkyl carbamates (subject to hydrolysis) is 1. The fourth-order valence-corrected chi connectivity index (χ4v) is 2.25. The second-order valence-electron chi connectivity index (χ2n) is 6.62. The van der Waals surface area contributed by atoms with Crippen molar-refractivity contribution in [2.24, 2.45) is 0 Å². The van der Waals surface area contributed by atoms with Gasteiger partial charge in [0.15, 0.2) is 0 Å². The highest BCUT2D eigenvalue weighted by molar-refractivity contribution is 5.67. The number of aromatic nitrogens is 2. The lowest BCUT2D eigenvalue weighted by Crippen LogP contribution is -2.37. The van der Waals surface area contributed by atoms with E-state index < -0.39 is 22.8 Å². The molecule has 1 unspecified atom stereocenters. The number of nitro groups is 1. The largest absolute Gasteiger partial charge is 0.444 e. The number of nitrogens with zero attached hydrogens (tertiary/aromatic N) is 3. The van der Waals surface area contributed by atoms with E-state index in [2.05, 4.69) is 10.4 Å². The maximum Gasteiger partial charge on any atom is 0.409 e. The molecule has 2 rings (SSSR count). The number of hydrogen-bond donors (Lipinski definition) is 1. The molecule has 0 aliphatic heterocycles. The van der Waals surface area contributed by atoms with Gasteiger partial charge in [0.25, 0.3) is 0 Å². The van der Waals surface area contributed by atoms with Crippen LogP contribution in [0.25, 0.3) is 0 Å². The Morgan fingerprint density at radius 3 is 2.60 bits per heavy atom. The molecule has 0 radical (unpaired) electrons. The van der Waals surface area contributed by atoms with Crippen molar-refractivity contribution in [1.82, 2.24) is 15.1 Å². The molecule has 0 saturated carbocycles. The average molecular weight is 346 g/mol. The Bertz CT molecular complexity index is 722. The number of carbonyl (C=O) groups is 1. The van der Waals surface area contributed by atoms with Crippen molar-refractivity contribution in [3.8, 4) is 0 Å². The zero-order valence-corrected chi connectivity index (χ0v) is 14.5. The molecule has 25 heavy (non-hydrogen) atoms. The SMILES string of the molecule is CC(C)(C)OC(=O)NC(CCc1ccccc1)n1cc([N+](=O)[O-])cn1. The van der Waals surface area contributed by atoms with Crippen LogP contribution in [-0.2, 0) is 11.2 Å². The minimum absolute atomic E-state index is 0.129. The van der Waals surface area contributed by atoms with Crippen molar-refractivity contribution in [2.45, 2.75) is 45.4 Å². The number of amides is 1. The molecule has 0 aliphatic rings. The quantitative estimate of drug-likeness (QED) is 0.638. The molecule has 134 valence electrons. The van der Waals surface area contributed by atoms with E-state index >= 15 is 0 Å². The average Bonchev–Trinajstić information content (AvgIpc) is 3.00. The Labute approximate surface area is 145 Å². The Hall–Kier alpha value is -2.90. The Kier molecular flexibility index (Phi) is 5.74. The second-order valence-corrected chi connectivity index (χ2v) is 6.62. The summed E-state index contributed by atoms with van der Waals surface area (Å²) in [4.78, 5) is 22.4. The first kappa shape index (κ1) is 18.4. The molecule has 0 aliphatic carbocycles. The molecule has 0 saturated heterocycles. The van der Waals surface area contributed by atoms with Gasteiger partial charge in [-0.2, -0.15) is 5.10 Å². The van der Waals surface area contributed by atoms with Gasteiger partial charge in [0, 0.05) is 0 Å². The van der Waals surface area contributed by atoms with E-state index in [0.29, 0.717) is 12.8 Å². The first-order valence-corrected chi connectivity index (χ1v) is 7.96. The van der Waals surface area contributed by atoms with E-state index in [1.54, 1.807) is 20.8 Å². The summed E-state index contributed by atoms with van der Waals surface area (Å²) in [6.45, 7) is 5.30.